The average Bonchev–Trinajstić information content (AvgIpc) is 3.13. The molecule has 0 amide bonds. The summed E-state index contributed by atoms with van der Waals surface area (Å²) in [6, 6.07) is 3.22. The fourth-order valence-electron chi connectivity index (χ4n) is 4.59. The lowest BCUT2D eigenvalue weighted by Crippen LogP contribution is -2.61. The Morgan fingerprint density at radius 2 is 1.69 bits per heavy atom. The first-order valence-electron chi connectivity index (χ1n) is 10.2. The van der Waals surface area contributed by atoms with E-state index in [2.05, 4.69) is 20.8 Å². The summed E-state index contributed by atoms with van der Waals surface area (Å²) in [7, 11) is 0. The molecule has 1 aromatic heterocycles. The fourth-order valence-corrected chi connectivity index (χ4v) is 4.59. The smallest absolute Gasteiger partial charge is 0.227 e. The number of rotatable bonds is 4. The number of nitrogens with two attached hydrogens (primary N) is 1. The first-order chi connectivity index (χ1) is 12.8. The van der Waals surface area contributed by atoms with Crippen LogP contribution >= 0.6 is 0 Å². The normalized spacial score (nSPS) is 30.3. The third kappa shape index (κ3) is 3.17. The minimum atomic E-state index is 0.350. The monoisotopic (exact) mass is 358 g/mol. The molecule has 0 unspecified atom stereocenters. The van der Waals surface area contributed by atoms with Crippen molar-refractivity contribution in [3.63, 3.8) is 0 Å². The molecule has 0 spiro atoms. The predicted molar refractivity (Wildman–Crippen MR) is 102 cm³/mol. The minimum absolute atomic E-state index is 0.350. The van der Waals surface area contributed by atoms with E-state index in [1.807, 2.05) is 0 Å². The van der Waals surface area contributed by atoms with E-state index < -0.39 is 0 Å². The molecule has 26 heavy (non-hydrogen) atoms. The van der Waals surface area contributed by atoms with Crippen molar-refractivity contribution in [2.75, 3.05) is 62.3 Å². The molecule has 0 radical (unpaired) electrons. The SMILES string of the molecule is NC1CC(c2cc(N3CC(N4CCOCC4)C3)nc(N3CCCC3)n2)C1. The third-order valence-corrected chi connectivity index (χ3v) is 6.45. The Morgan fingerprint density at radius 1 is 0.962 bits per heavy atom. The van der Waals surface area contributed by atoms with Crippen LogP contribution in [0.15, 0.2) is 6.07 Å². The molecular weight excluding hydrogens is 328 g/mol. The summed E-state index contributed by atoms with van der Waals surface area (Å²) in [5.41, 5.74) is 7.22. The Labute approximate surface area is 155 Å². The van der Waals surface area contributed by atoms with Crippen LogP contribution in [0.5, 0.6) is 0 Å². The molecule has 4 aliphatic rings. The van der Waals surface area contributed by atoms with Crippen LogP contribution in [0.25, 0.3) is 0 Å². The maximum Gasteiger partial charge on any atom is 0.227 e. The van der Waals surface area contributed by atoms with Crippen molar-refractivity contribution in [1.82, 2.24) is 14.9 Å². The second-order valence-electron chi connectivity index (χ2n) is 8.28. The van der Waals surface area contributed by atoms with Gasteiger partial charge in [-0.15, -0.1) is 0 Å². The van der Waals surface area contributed by atoms with Gasteiger partial charge in [-0.05, 0) is 25.7 Å². The summed E-state index contributed by atoms with van der Waals surface area (Å²) in [6.07, 6.45) is 4.62. The van der Waals surface area contributed by atoms with E-state index in [4.69, 9.17) is 20.4 Å². The summed E-state index contributed by atoms with van der Waals surface area (Å²) >= 11 is 0. The van der Waals surface area contributed by atoms with Gasteiger partial charge in [-0.25, -0.2) is 4.98 Å². The molecule has 142 valence electrons. The quantitative estimate of drug-likeness (QED) is 0.854. The molecule has 0 aromatic carbocycles. The van der Waals surface area contributed by atoms with Gasteiger partial charge in [0.2, 0.25) is 5.95 Å². The lowest BCUT2D eigenvalue weighted by Gasteiger charge is -2.47. The van der Waals surface area contributed by atoms with Crippen molar-refractivity contribution in [2.45, 2.75) is 43.7 Å². The van der Waals surface area contributed by atoms with E-state index in [1.165, 1.54) is 18.5 Å². The van der Waals surface area contributed by atoms with E-state index in [1.54, 1.807) is 0 Å². The molecule has 1 saturated carbocycles. The molecule has 7 nitrogen and oxygen atoms in total. The lowest BCUT2D eigenvalue weighted by atomic mass is 9.78. The Kier molecular flexibility index (Phi) is 4.46. The summed E-state index contributed by atoms with van der Waals surface area (Å²) in [4.78, 5) is 17.2. The molecular formula is C19H30N6O. The number of aromatic nitrogens is 2. The van der Waals surface area contributed by atoms with E-state index in [-0.39, 0.29) is 0 Å². The van der Waals surface area contributed by atoms with E-state index in [0.29, 0.717) is 18.0 Å². The summed E-state index contributed by atoms with van der Waals surface area (Å²) < 4.78 is 5.48. The number of anilines is 2. The minimum Gasteiger partial charge on any atom is -0.379 e. The van der Waals surface area contributed by atoms with Crippen LogP contribution in [0.3, 0.4) is 0 Å². The summed E-state index contributed by atoms with van der Waals surface area (Å²) in [5, 5.41) is 0. The second-order valence-corrected chi connectivity index (χ2v) is 8.28. The molecule has 3 saturated heterocycles. The van der Waals surface area contributed by atoms with Crippen LogP contribution in [0.1, 0.15) is 37.3 Å². The molecule has 3 aliphatic heterocycles. The highest BCUT2D eigenvalue weighted by atomic mass is 16.5. The zero-order valence-corrected chi connectivity index (χ0v) is 15.5. The molecule has 0 atom stereocenters. The van der Waals surface area contributed by atoms with Gasteiger partial charge >= 0.3 is 0 Å². The van der Waals surface area contributed by atoms with Crippen LogP contribution in [-0.4, -0.2) is 79.4 Å². The van der Waals surface area contributed by atoms with E-state index in [0.717, 1.165) is 77.1 Å². The van der Waals surface area contributed by atoms with Gasteiger partial charge in [0.15, 0.2) is 0 Å². The number of hydrogen-bond donors (Lipinski definition) is 1. The van der Waals surface area contributed by atoms with Gasteiger partial charge in [0.05, 0.1) is 18.9 Å². The van der Waals surface area contributed by atoms with Gasteiger partial charge in [0, 0.05) is 63.3 Å². The molecule has 1 aromatic rings. The van der Waals surface area contributed by atoms with Crippen molar-refractivity contribution < 1.29 is 4.74 Å². The molecule has 2 N–H and O–H groups in total. The van der Waals surface area contributed by atoms with Crippen molar-refractivity contribution >= 4 is 11.8 Å². The maximum atomic E-state index is 6.02. The standard InChI is InChI=1S/C19H30N6O/c20-15-9-14(10-15)17-11-18(22-19(21-17)24-3-1-2-4-24)25-12-16(13-25)23-5-7-26-8-6-23/h11,14-16H,1-10,12-13,20H2. The first kappa shape index (κ1) is 16.7. The lowest BCUT2D eigenvalue weighted by molar-refractivity contribution is 0.0104. The summed E-state index contributed by atoms with van der Waals surface area (Å²) in [5.74, 6) is 2.57. The number of ether oxygens (including phenoxy) is 1. The molecule has 4 fully saturated rings. The van der Waals surface area contributed by atoms with Crippen LogP contribution in [0, 0.1) is 0 Å². The molecule has 1 aliphatic carbocycles. The van der Waals surface area contributed by atoms with Crippen LogP contribution < -0.4 is 15.5 Å². The van der Waals surface area contributed by atoms with Gasteiger partial charge < -0.3 is 20.3 Å². The molecule has 5 rings (SSSR count). The van der Waals surface area contributed by atoms with Gasteiger partial charge in [0.25, 0.3) is 0 Å². The second kappa shape index (κ2) is 6.94. The fraction of sp³-hybridized carbons (Fsp3) is 0.789. The third-order valence-electron chi connectivity index (χ3n) is 6.45. The Morgan fingerprint density at radius 3 is 2.38 bits per heavy atom. The zero-order chi connectivity index (χ0) is 17.5. The highest BCUT2D eigenvalue weighted by Crippen LogP contribution is 2.37. The van der Waals surface area contributed by atoms with Gasteiger partial charge in [0.1, 0.15) is 5.82 Å². The zero-order valence-electron chi connectivity index (χ0n) is 15.5. The van der Waals surface area contributed by atoms with Crippen molar-refractivity contribution in [1.29, 1.82) is 0 Å². The largest absolute Gasteiger partial charge is 0.379 e. The Hall–Kier alpha value is -1.44. The average molecular weight is 358 g/mol. The topological polar surface area (TPSA) is 70.8 Å². The van der Waals surface area contributed by atoms with Crippen molar-refractivity contribution in [3.05, 3.63) is 11.8 Å². The van der Waals surface area contributed by atoms with Crippen LogP contribution in [0.4, 0.5) is 11.8 Å². The van der Waals surface area contributed by atoms with Crippen LogP contribution in [0.2, 0.25) is 0 Å². The summed E-state index contributed by atoms with van der Waals surface area (Å²) in [6.45, 7) is 8.18. The molecule has 0 bridgehead atoms. The van der Waals surface area contributed by atoms with Crippen molar-refractivity contribution in [2.24, 2.45) is 5.73 Å². The maximum absolute atomic E-state index is 6.02. The van der Waals surface area contributed by atoms with E-state index in [9.17, 15) is 0 Å². The predicted octanol–water partition coefficient (Wildman–Crippen LogP) is 0.802. The highest BCUT2D eigenvalue weighted by Gasteiger charge is 2.35. The van der Waals surface area contributed by atoms with E-state index >= 15 is 0 Å². The van der Waals surface area contributed by atoms with Crippen LogP contribution in [-0.2, 0) is 4.74 Å². The molecule has 7 heteroatoms. The van der Waals surface area contributed by atoms with Crippen molar-refractivity contribution in [3.8, 4) is 0 Å². The van der Waals surface area contributed by atoms with Gasteiger partial charge in [-0.3, -0.25) is 4.90 Å². The Bertz CT molecular complexity index is 631. The Balaban J connectivity index is 1.32. The number of morpholine rings is 1. The number of hydrogen-bond acceptors (Lipinski definition) is 7. The molecule has 4 heterocycles. The van der Waals surface area contributed by atoms with Gasteiger partial charge in [-0.1, -0.05) is 0 Å². The number of nitrogens with zero attached hydrogens (tertiary/aromatic N) is 5. The highest BCUT2D eigenvalue weighted by molar-refractivity contribution is 5.50. The first-order valence-corrected chi connectivity index (χ1v) is 10.2. The van der Waals surface area contributed by atoms with Gasteiger partial charge in [-0.2, -0.15) is 4.98 Å².